The average molecular weight is 429 g/mol. The van der Waals surface area contributed by atoms with Gasteiger partial charge >= 0.3 is 6.09 Å². The molecule has 8 heteroatoms. The van der Waals surface area contributed by atoms with Crippen molar-refractivity contribution in [3.8, 4) is 0 Å². The van der Waals surface area contributed by atoms with Gasteiger partial charge in [-0.05, 0) is 30.7 Å². The number of hydrogen-bond acceptors (Lipinski definition) is 5. The minimum Gasteiger partial charge on any atom is -0.456 e. The first kappa shape index (κ1) is 20.4. The van der Waals surface area contributed by atoms with Crippen molar-refractivity contribution in [2.24, 2.45) is 0 Å². The van der Waals surface area contributed by atoms with Crippen molar-refractivity contribution in [3.05, 3.63) is 48.0 Å². The first-order chi connectivity index (χ1) is 14.5. The lowest BCUT2D eigenvalue weighted by Crippen LogP contribution is -2.51. The Bertz CT molecular complexity index is 1100. The van der Waals surface area contributed by atoms with E-state index in [4.69, 9.17) is 9.15 Å². The highest BCUT2D eigenvalue weighted by molar-refractivity contribution is 7.84. The molecule has 1 aromatic heterocycles. The van der Waals surface area contributed by atoms with Crippen molar-refractivity contribution in [1.82, 2.24) is 9.80 Å². The van der Waals surface area contributed by atoms with Crippen LogP contribution < -0.4 is 0 Å². The summed E-state index contributed by atoms with van der Waals surface area (Å²) in [6.45, 7) is 3.82. The van der Waals surface area contributed by atoms with Gasteiger partial charge < -0.3 is 19.0 Å². The minimum atomic E-state index is -1.31. The van der Waals surface area contributed by atoms with E-state index in [-0.39, 0.29) is 17.8 Å². The van der Waals surface area contributed by atoms with Gasteiger partial charge in [-0.2, -0.15) is 0 Å². The Kier molecular flexibility index (Phi) is 6.03. The summed E-state index contributed by atoms with van der Waals surface area (Å²) in [7, 11) is -1.31. The molecule has 1 atom stereocenters. The molecule has 2 amide bonds. The summed E-state index contributed by atoms with van der Waals surface area (Å²) in [5.74, 6) is 0.139. The number of hydrogen-bond donors (Lipinski definition) is 0. The van der Waals surface area contributed by atoms with Crippen LogP contribution in [-0.2, 0) is 26.1 Å². The first-order valence-corrected chi connectivity index (χ1v) is 11.5. The fraction of sp³-hybridized carbons (Fsp3) is 0.364. The number of furan rings is 1. The summed E-state index contributed by atoms with van der Waals surface area (Å²) in [6, 6.07) is 13.6. The molecule has 1 aliphatic rings. The molecule has 158 valence electrons. The molecule has 7 nitrogen and oxygen atoms in total. The van der Waals surface area contributed by atoms with Gasteiger partial charge in [0.15, 0.2) is 0 Å². The van der Waals surface area contributed by atoms with E-state index >= 15 is 0 Å². The highest BCUT2D eigenvalue weighted by atomic mass is 32.2. The van der Waals surface area contributed by atoms with Gasteiger partial charge in [0.1, 0.15) is 16.9 Å². The second-order valence-corrected chi connectivity index (χ2v) is 8.68. The number of fused-ring (bicyclic) bond motifs is 3. The predicted molar refractivity (Wildman–Crippen MR) is 116 cm³/mol. The molecule has 3 aromatic rings. The van der Waals surface area contributed by atoms with Crippen molar-refractivity contribution in [3.63, 3.8) is 0 Å². The highest BCUT2D eigenvalue weighted by Gasteiger charge is 2.25. The van der Waals surface area contributed by atoms with E-state index in [0.717, 1.165) is 27.5 Å². The number of para-hydroxylation sites is 1. The summed E-state index contributed by atoms with van der Waals surface area (Å²) in [4.78, 5) is 27.5. The Morgan fingerprint density at radius 2 is 1.70 bits per heavy atom. The molecule has 1 fully saturated rings. The van der Waals surface area contributed by atoms with E-state index in [1.807, 2.05) is 42.5 Å². The zero-order valence-corrected chi connectivity index (χ0v) is 17.7. The first-order valence-electron chi connectivity index (χ1n) is 10.00. The molecule has 0 aliphatic carbocycles. The number of rotatable bonds is 5. The second kappa shape index (κ2) is 8.87. The normalized spacial score (nSPS) is 15.5. The summed E-state index contributed by atoms with van der Waals surface area (Å²) >= 11 is 0. The smallest absolute Gasteiger partial charge is 0.409 e. The quantitative estimate of drug-likeness (QED) is 0.624. The Hall–Kier alpha value is -2.87. The Morgan fingerprint density at radius 3 is 2.47 bits per heavy atom. The van der Waals surface area contributed by atoms with Crippen LogP contribution in [0.4, 0.5) is 4.79 Å². The molecule has 0 saturated carbocycles. The van der Waals surface area contributed by atoms with Crippen LogP contribution in [0.5, 0.6) is 0 Å². The molecule has 1 saturated heterocycles. The van der Waals surface area contributed by atoms with Crippen LogP contribution in [0.1, 0.15) is 12.5 Å². The molecule has 2 heterocycles. The number of carbonyl (C=O) groups is 2. The van der Waals surface area contributed by atoms with Crippen LogP contribution in [0.15, 0.2) is 46.9 Å². The van der Waals surface area contributed by atoms with Crippen LogP contribution in [0.25, 0.3) is 21.9 Å². The molecule has 30 heavy (non-hydrogen) atoms. The third kappa shape index (κ3) is 4.33. The lowest BCUT2D eigenvalue weighted by molar-refractivity contribution is -0.129. The fourth-order valence-corrected chi connectivity index (χ4v) is 4.79. The molecular formula is C22H24N2O5S. The van der Waals surface area contributed by atoms with Crippen LogP contribution in [-0.4, -0.2) is 64.5 Å². The minimum absolute atomic E-state index is 0.0242. The Labute approximate surface area is 177 Å². The van der Waals surface area contributed by atoms with Gasteiger partial charge in [-0.3, -0.25) is 9.00 Å². The number of ether oxygens (including phenoxy) is 1. The lowest BCUT2D eigenvalue weighted by Gasteiger charge is -2.34. The zero-order valence-electron chi connectivity index (χ0n) is 16.8. The number of carbonyl (C=O) groups excluding carboxylic acids is 2. The molecule has 0 radical (unpaired) electrons. The third-order valence-corrected chi connectivity index (χ3v) is 6.44. The molecule has 4 rings (SSSR count). The molecule has 0 spiro atoms. The fourth-order valence-electron chi connectivity index (χ4n) is 3.68. The van der Waals surface area contributed by atoms with Crippen molar-refractivity contribution < 1.29 is 23.0 Å². The molecular weight excluding hydrogens is 404 g/mol. The van der Waals surface area contributed by atoms with Gasteiger partial charge in [0.05, 0.1) is 6.61 Å². The standard InChI is InChI=1S/C22H24N2O5S/c1-2-28-22(26)24-11-9-23(10-12-24)21(25)15-30(27)14-16-7-8-20-18(13-16)17-5-3-4-6-19(17)29-20/h3-8,13H,2,9-12,14-15H2,1H3. The molecule has 1 aliphatic heterocycles. The number of nitrogens with zero attached hydrogens (tertiary/aromatic N) is 2. The Morgan fingerprint density at radius 1 is 1.00 bits per heavy atom. The third-order valence-electron chi connectivity index (χ3n) is 5.21. The highest BCUT2D eigenvalue weighted by Crippen LogP contribution is 2.29. The number of piperazine rings is 1. The summed E-state index contributed by atoms with van der Waals surface area (Å²) in [5, 5.41) is 2.01. The van der Waals surface area contributed by atoms with Gasteiger partial charge in [-0.15, -0.1) is 0 Å². The van der Waals surface area contributed by atoms with Gasteiger partial charge in [0.2, 0.25) is 5.91 Å². The summed E-state index contributed by atoms with van der Waals surface area (Å²) in [5.41, 5.74) is 2.52. The maximum absolute atomic E-state index is 12.6. The molecule has 1 unspecified atom stereocenters. The van der Waals surface area contributed by atoms with Crippen LogP contribution in [0.2, 0.25) is 0 Å². The van der Waals surface area contributed by atoms with E-state index in [9.17, 15) is 13.8 Å². The number of benzene rings is 2. The van der Waals surface area contributed by atoms with Crippen molar-refractivity contribution in [2.75, 3.05) is 38.5 Å². The molecule has 0 N–H and O–H groups in total. The van der Waals surface area contributed by atoms with Gasteiger partial charge in [0.25, 0.3) is 0 Å². The van der Waals surface area contributed by atoms with Gasteiger partial charge in [0, 0.05) is 53.5 Å². The maximum atomic E-state index is 12.6. The predicted octanol–water partition coefficient (Wildman–Crippen LogP) is 3.14. The largest absolute Gasteiger partial charge is 0.456 e. The average Bonchev–Trinajstić information content (AvgIpc) is 3.12. The second-order valence-electron chi connectivity index (χ2n) is 7.22. The topological polar surface area (TPSA) is 80.1 Å². The monoisotopic (exact) mass is 428 g/mol. The van der Waals surface area contributed by atoms with Crippen molar-refractivity contribution in [2.45, 2.75) is 12.7 Å². The van der Waals surface area contributed by atoms with E-state index < -0.39 is 10.8 Å². The summed E-state index contributed by atoms with van der Waals surface area (Å²) < 4.78 is 23.4. The lowest BCUT2D eigenvalue weighted by atomic mass is 10.1. The van der Waals surface area contributed by atoms with Crippen LogP contribution in [0, 0.1) is 0 Å². The van der Waals surface area contributed by atoms with E-state index in [1.54, 1.807) is 16.7 Å². The Balaban J connectivity index is 1.35. The van der Waals surface area contributed by atoms with E-state index in [1.165, 1.54) is 0 Å². The van der Waals surface area contributed by atoms with Crippen molar-refractivity contribution >= 4 is 44.7 Å². The maximum Gasteiger partial charge on any atom is 0.409 e. The van der Waals surface area contributed by atoms with E-state index in [2.05, 4.69) is 0 Å². The van der Waals surface area contributed by atoms with E-state index in [0.29, 0.717) is 38.5 Å². The summed E-state index contributed by atoms with van der Waals surface area (Å²) in [6.07, 6.45) is -0.352. The van der Waals surface area contributed by atoms with Crippen molar-refractivity contribution in [1.29, 1.82) is 0 Å². The number of amides is 2. The molecule has 2 aromatic carbocycles. The van der Waals surface area contributed by atoms with Gasteiger partial charge in [-0.25, -0.2) is 4.79 Å². The van der Waals surface area contributed by atoms with Crippen LogP contribution >= 0.6 is 0 Å². The van der Waals surface area contributed by atoms with Gasteiger partial charge in [-0.1, -0.05) is 24.3 Å². The molecule has 0 bridgehead atoms. The zero-order chi connectivity index (χ0) is 21.1. The van der Waals surface area contributed by atoms with Crippen LogP contribution in [0.3, 0.4) is 0 Å². The SMILES string of the molecule is CCOC(=O)N1CCN(C(=O)CS(=O)Cc2ccc3oc4ccccc4c3c2)CC1.